The number of methoxy groups -OCH3 is 1. The predicted molar refractivity (Wildman–Crippen MR) is 210 cm³/mol. The second-order valence-corrected chi connectivity index (χ2v) is 15.7. The topological polar surface area (TPSA) is 191 Å². The summed E-state index contributed by atoms with van der Waals surface area (Å²) >= 11 is 0. The molecule has 56 heavy (non-hydrogen) atoms. The summed E-state index contributed by atoms with van der Waals surface area (Å²) in [5.74, 6) is 1.36. The molecule has 6 aromatic rings. The molecule has 2 aromatic carbocycles. The normalized spacial score (nSPS) is 18.5. The Morgan fingerprint density at radius 2 is 1.46 bits per heavy atom. The second kappa shape index (κ2) is 14.6. The Kier molecular flexibility index (Phi) is 9.63. The summed E-state index contributed by atoms with van der Waals surface area (Å²) in [7, 11) is 1.28. The number of ether oxygens (including phenoxy) is 1. The Balaban J connectivity index is 1.07. The van der Waals surface area contributed by atoms with E-state index in [1.165, 1.54) is 14.0 Å². The molecule has 2 fully saturated rings. The number of imidazole rings is 2. The smallest absolute Gasteiger partial charge is 0.407 e. The lowest BCUT2D eigenvalue weighted by atomic mass is 10.0. The van der Waals surface area contributed by atoms with Crippen molar-refractivity contribution in [2.75, 3.05) is 20.2 Å². The van der Waals surface area contributed by atoms with Crippen LogP contribution in [0.4, 0.5) is 4.79 Å². The molecule has 8 rings (SSSR count). The van der Waals surface area contributed by atoms with Gasteiger partial charge in [-0.15, -0.1) is 0 Å². The Labute approximate surface area is 322 Å². The number of rotatable bonds is 9. The SMILES string of the molecule is COC(=O)N[C@H](C(=O)N1CCC[C@H]1c1nc2ncc3cc(-c4cc5ccc6nc([C@@H]7CCCN7C(=O)[C@@H](NC(C)=O)C(C)C)[nH]c6c5o4)ccc3c2[nH]1)C(C)C. The number of pyridine rings is 1. The van der Waals surface area contributed by atoms with Gasteiger partial charge >= 0.3 is 6.09 Å². The summed E-state index contributed by atoms with van der Waals surface area (Å²) in [4.78, 5) is 76.3. The van der Waals surface area contributed by atoms with Gasteiger partial charge in [-0.1, -0.05) is 39.8 Å². The zero-order chi connectivity index (χ0) is 39.4. The molecule has 0 bridgehead atoms. The Morgan fingerprint density at radius 3 is 2.11 bits per heavy atom. The number of aromatic nitrogens is 5. The maximum absolute atomic E-state index is 13.7. The van der Waals surface area contributed by atoms with Gasteiger partial charge in [0.2, 0.25) is 17.7 Å². The maximum atomic E-state index is 13.7. The molecule has 15 nitrogen and oxygen atoms in total. The van der Waals surface area contributed by atoms with Gasteiger partial charge in [0.25, 0.3) is 0 Å². The highest BCUT2D eigenvalue weighted by molar-refractivity contribution is 6.05. The van der Waals surface area contributed by atoms with Gasteiger partial charge in [0.1, 0.15) is 35.0 Å². The molecule has 0 unspecified atom stereocenters. The number of H-pyrrole nitrogens is 2. The fourth-order valence-electron chi connectivity index (χ4n) is 8.31. The number of hydrogen-bond acceptors (Lipinski definition) is 9. The third-order valence-corrected chi connectivity index (χ3v) is 11.2. The quantitative estimate of drug-likeness (QED) is 0.132. The van der Waals surface area contributed by atoms with E-state index in [0.29, 0.717) is 41.7 Å². The molecule has 2 saturated heterocycles. The molecular formula is C41H47N9O6. The van der Waals surface area contributed by atoms with Gasteiger partial charge in [-0.25, -0.2) is 19.7 Å². The van der Waals surface area contributed by atoms with Crippen molar-refractivity contribution in [2.24, 2.45) is 11.8 Å². The highest BCUT2D eigenvalue weighted by atomic mass is 16.5. The zero-order valence-electron chi connectivity index (χ0n) is 32.4. The van der Waals surface area contributed by atoms with Crippen LogP contribution in [-0.4, -0.2) is 90.8 Å². The average Bonchev–Trinajstić information content (AvgIpc) is 4.02. The van der Waals surface area contributed by atoms with E-state index in [2.05, 4.69) is 25.6 Å². The van der Waals surface area contributed by atoms with Crippen LogP contribution in [0.1, 0.15) is 84.0 Å². The highest BCUT2D eigenvalue weighted by Crippen LogP contribution is 2.38. The van der Waals surface area contributed by atoms with Crippen LogP contribution < -0.4 is 10.6 Å². The van der Waals surface area contributed by atoms with Crippen molar-refractivity contribution < 1.29 is 28.3 Å². The summed E-state index contributed by atoms with van der Waals surface area (Å²) in [5.41, 5.74) is 4.40. The van der Waals surface area contributed by atoms with Crippen molar-refractivity contribution in [1.29, 1.82) is 0 Å². The first-order valence-corrected chi connectivity index (χ1v) is 19.3. The molecule has 0 radical (unpaired) electrons. The molecule has 15 heteroatoms. The number of amides is 4. The number of nitrogens with zero attached hydrogens (tertiary/aromatic N) is 5. The van der Waals surface area contributed by atoms with Gasteiger partial charge in [0.05, 0.1) is 30.2 Å². The lowest BCUT2D eigenvalue weighted by Crippen LogP contribution is -2.51. The van der Waals surface area contributed by atoms with Gasteiger partial charge < -0.3 is 39.6 Å². The van der Waals surface area contributed by atoms with Gasteiger partial charge in [0.15, 0.2) is 11.2 Å². The molecule has 4 aromatic heterocycles. The van der Waals surface area contributed by atoms with E-state index in [9.17, 15) is 19.2 Å². The molecule has 0 aliphatic carbocycles. The number of carbonyl (C=O) groups excluding carboxylic acids is 4. The molecule has 4 N–H and O–H groups in total. The zero-order valence-corrected chi connectivity index (χ0v) is 32.4. The summed E-state index contributed by atoms with van der Waals surface area (Å²) < 4.78 is 11.3. The Hall–Kier alpha value is -5.99. The number of furan rings is 1. The minimum atomic E-state index is -0.720. The van der Waals surface area contributed by atoms with Crippen LogP contribution in [0.25, 0.3) is 55.3 Å². The number of likely N-dealkylation sites (tertiary alicyclic amines) is 2. The molecule has 6 heterocycles. The first-order chi connectivity index (χ1) is 26.9. The minimum Gasteiger partial charge on any atom is -0.454 e. The molecule has 4 amide bonds. The van der Waals surface area contributed by atoms with E-state index in [1.54, 1.807) is 11.1 Å². The summed E-state index contributed by atoms with van der Waals surface area (Å²) in [6.07, 6.45) is 4.32. The number of benzene rings is 2. The molecule has 2 aliphatic heterocycles. The van der Waals surface area contributed by atoms with Crippen molar-refractivity contribution in [3.63, 3.8) is 0 Å². The first-order valence-electron chi connectivity index (χ1n) is 19.3. The lowest BCUT2D eigenvalue weighted by Gasteiger charge is -2.30. The van der Waals surface area contributed by atoms with E-state index in [4.69, 9.17) is 19.1 Å². The molecule has 0 spiro atoms. The molecular weight excluding hydrogens is 715 g/mol. The Bertz CT molecular complexity index is 2500. The number of aromatic amines is 2. The fraction of sp³-hybridized carbons (Fsp3) is 0.439. The third kappa shape index (κ3) is 6.58. The van der Waals surface area contributed by atoms with Crippen LogP contribution in [0, 0.1) is 11.8 Å². The van der Waals surface area contributed by atoms with Crippen molar-refractivity contribution in [2.45, 2.75) is 84.5 Å². The number of alkyl carbamates (subject to hydrolysis) is 1. The van der Waals surface area contributed by atoms with Gasteiger partial charge in [-0.05, 0) is 61.8 Å². The standard InChI is InChI=1S/C41H47N9O6/c1-20(2)31(43-22(5)51)39(52)49-15-7-9-28(49)36-44-27-14-12-24-18-30(56-35(24)34(27)46-36)23-11-13-26-25(17-23)19-42-38-33(26)45-37(48-38)29-10-8-16-50(29)40(53)32(21(3)4)47-41(54)55-6/h11-14,17-21,28-29,31-32H,7-10,15-16H2,1-6H3,(H,43,51)(H,44,46)(H,47,54)(H,42,45,48)/t28-,29-,31-,32-/m0/s1. The van der Waals surface area contributed by atoms with E-state index >= 15 is 0 Å². The molecule has 4 atom stereocenters. The first kappa shape index (κ1) is 37.0. The van der Waals surface area contributed by atoms with Crippen LogP contribution in [0.2, 0.25) is 0 Å². The van der Waals surface area contributed by atoms with E-state index < -0.39 is 18.2 Å². The van der Waals surface area contributed by atoms with Gasteiger partial charge in [0, 0.05) is 47.9 Å². The predicted octanol–water partition coefficient (Wildman–Crippen LogP) is 6.27. The van der Waals surface area contributed by atoms with Crippen LogP contribution >= 0.6 is 0 Å². The number of hydrogen-bond donors (Lipinski definition) is 4. The van der Waals surface area contributed by atoms with Crippen molar-refractivity contribution in [3.8, 4) is 11.3 Å². The van der Waals surface area contributed by atoms with Crippen LogP contribution in [0.3, 0.4) is 0 Å². The number of fused-ring (bicyclic) bond motifs is 6. The molecule has 2 aliphatic rings. The van der Waals surface area contributed by atoms with Crippen LogP contribution in [0.5, 0.6) is 0 Å². The molecule has 0 saturated carbocycles. The van der Waals surface area contributed by atoms with E-state index in [0.717, 1.165) is 64.0 Å². The number of carbonyl (C=O) groups is 4. The lowest BCUT2D eigenvalue weighted by molar-refractivity contribution is -0.138. The van der Waals surface area contributed by atoms with Crippen LogP contribution in [0.15, 0.2) is 47.0 Å². The summed E-state index contributed by atoms with van der Waals surface area (Å²) in [6, 6.07) is 10.2. The van der Waals surface area contributed by atoms with Gasteiger partial charge in [-0.2, -0.15) is 0 Å². The summed E-state index contributed by atoms with van der Waals surface area (Å²) in [5, 5.41) is 8.28. The number of nitrogens with one attached hydrogen (secondary N) is 4. The van der Waals surface area contributed by atoms with E-state index in [1.807, 2.05) is 69.0 Å². The largest absolute Gasteiger partial charge is 0.454 e. The van der Waals surface area contributed by atoms with Crippen molar-refractivity contribution in [3.05, 3.63) is 54.2 Å². The fourth-order valence-corrected chi connectivity index (χ4v) is 8.31. The summed E-state index contributed by atoms with van der Waals surface area (Å²) in [6.45, 7) is 10.2. The van der Waals surface area contributed by atoms with Crippen molar-refractivity contribution in [1.82, 2.24) is 45.4 Å². The minimum absolute atomic E-state index is 0.0552. The second-order valence-electron chi connectivity index (χ2n) is 15.7. The Morgan fingerprint density at radius 1 is 0.821 bits per heavy atom. The maximum Gasteiger partial charge on any atom is 0.407 e. The third-order valence-electron chi connectivity index (χ3n) is 11.2. The van der Waals surface area contributed by atoms with Crippen LogP contribution in [-0.2, 0) is 19.1 Å². The highest BCUT2D eigenvalue weighted by Gasteiger charge is 2.39. The van der Waals surface area contributed by atoms with Gasteiger partial charge in [-0.3, -0.25) is 14.4 Å². The molecule has 292 valence electrons. The average molecular weight is 762 g/mol. The monoisotopic (exact) mass is 761 g/mol. The van der Waals surface area contributed by atoms with E-state index in [-0.39, 0.29) is 41.6 Å². The van der Waals surface area contributed by atoms with Crippen molar-refractivity contribution >= 4 is 67.8 Å².